The molecule has 1 aromatic carbocycles. The third-order valence-electron chi connectivity index (χ3n) is 5.66. The van der Waals surface area contributed by atoms with Crippen LogP contribution in [0.15, 0.2) is 41.3 Å². The number of aliphatic hydroxyl groups is 1. The lowest BCUT2D eigenvalue weighted by Gasteiger charge is -2.22. The Morgan fingerprint density at radius 1 is 1.31 bits per heavy atom. The molecule has 156 valence electrons. The molecule has 1 aromatic heterocycles. The van der Waals surface area contributed by atoms with Crippen LogP contribution in [0, 0.1) is 0 Å². The fraction of sp³-hybridized carbons (Fsp3) is 0.524. The summed E-state index contributed by atoms with van der Waals surface area (Å²) in [7, 11) is 0. The first-order chi connectivity index (χ1) is 14.2. The number of nitrogens with one attached hydrogen (secondary N) is 3. The van der Waals surface area contributed by atoms with E-state index in [0.717, 1.165) is 36.3 Å². The smallest absolute Gasteiger partial charge is 0.407 e. The molecule has 4 atom stereocenters. The molecule has 2 fully saturated rings. The first kappa shape index (κ1) is 19.9. The van der Waals surface area contributed by atoms with E-state index in [9.17, 15) is 9.90 Å². The molecular weight excluding hydrogens is 372 g/mol. The molecule has 29 heavy (non-hydrogen) atoms. The summed E-state index contributed by atoms with van der Waals surface area (Å²) in [5.41, 5.74) is 2.04. The monoisotopic (exact) mass is 400 g/mol. The molecule has 0 bridgehead atoms. The number of carbonyl (C=O) groups is 1. The van der Waals surface area contributed by atoms with Gasteiger partial charge in [-0.05, 0) is 37.8 Å². The lowest BCUT2D eigenvalue weighted by atomic mass is 10.00. The van der Waals surface area contributed by atoms with Gasteiger partial charge < -0.3 is 30.2 Å². The SMILES string of the molecule is O=C(NCC[C@H]1CCCN1)O[C@@H]1[C@@H](O)CN[C@@H]1Cc1ccc(-c2cnco2)cc1. The number of amides is 1. The molecule has 0 saturated carbocycles. The molecule has 0 radical (unpaired) electrons. The molecule has 3 heterocycles. The summed E-state index contributed by atoms with van der Waals surface area (Å²) in [6.45, 7) is 2.03. The van der Waals surface area contributed by atoms with Crippen LogP contribution in [0.5, 0.6) is 0 Å². The van der Waals surface area contributed by atoms with Crippen LogP contribution < -0.4 is 16.0 Å². The molecular formula is C21H28N4O4. The van der Waals surface area contributed by atoms with Crippen molar-refractivity contribution < 1.29 is 19.1 Å². The zero-order valence-electron chi connectivity index (χ0n) is 16.3. The van der Waals surface area contributed by atoms with Crippen molar-refractivity contribution in [3.8, 4) is 11.3 Å². The molecule has 8 nitrogen and oxygen atoms in total. The van der Waals surface area contributed by atoms with Crippen LogP contribution in [-0.4, -0.2) is 60.1 Å². The number of β-amino-alcohol motifs (C(OH)–C–C–N with tert-alkyl or cyclic N) is 1. The van der Waals surface area contributed by atoms with E-state index in [1.807, 2.05) is 24.3 Å². The second kappa shape index (κ2) is 9.39. The zero-order chi connectivity index (χ0) is 20.1. The summed E-state index contributed by atoms with van der Waals surface area (Å²) >= 11 is 0. The number of alkyl carbamates (subject to hydrolysis) is 1. The number of aromatic nitrogens is 1. The van der Waals surface area contributed by atoms with Crippen LogP contribution in [0.2, 0.25) is 0 Å². The zero-order valence-corrected chi connectivity index (χ0v) is 16.3. The van der Waals surface area contributed by atoms with E-state index < -0.39 is 18.3 Å². The molecule has 4 N–H and O–H groups in total. The number of ether oxygens (including phenoxy) is 1. The maximum atomic E-state index is 12.2. The van der Waals surface area contributed by atoms with Gasteiger partial charge in [-0.2, -0.15) is 0 Å². The van der Waals surface area contributed by atoms with Crippen molar-refractivity contribution in [2.75, 3.05) is 19.6 Å². The second-order valence-electron chi connectivity index (χ2n) is 7.73. The number of rotatable bonds is 7. The highest BCUT2D eigenvalue weighted by Crippen LogP contribution is 2.22. The van der Waals surface area contributed by atoms with E-state index >= 15 is 0 Å². The molecule has 4 rings (SSSR count). The van der Waals surface area contributed by atoms with E-state index in [-0.39, 0.29) is 6.04 Å². The van der Waals surface area contributed by atoms with Gasteiger partial charge in [-0.25, -0.2) is 9.78 Å². The van der Waals surface area contributed by atoms with E-state index in [4.69, 9.17) is 9.15 Å². The van der Waals surface area contributed by atoms with Crippen molar-refractivity contribution in [1.29, 1.82) is 0 Å². The van der Waals surface area contributed by atoms with Crippen LogP contribution >= 0.6 is 0 Å². The summed E-state index contributed by atoms with van der Waals surface area (Å²) in [5, 5.41) is 19.7. The highest BCUT2D eigenvalue weighted by molar-refractivity contribution is 5.67. The van der Waals surface area contributed by atoms with Crippen molar-refractivity contribution in [2.24, 2.45) is 0 Å². The fourth-order valence-corrected chi connectivity index (χ4v) is 4.06. The minimum atomic E-state index is -0.712. The van der Waals surface area contributed by atoms with Gasteiger partial charge in [-0.3, -0.25) is 0 Å². The number of hydrogen-bond donors (Lipinski definition) is 4. The Morgan fingerprint density at radius 2 is 2.17 bits per heavy atom. The quantitative estimate of drug-likeness (QED) is 0.557. The van der Waals surface area contributed by atoms with Crippen molar-refractivity contribution in [1.82, 2.24) is 20.9 Å². The Balaban J connectivity index is 1.28. The Labute approximate surface area is 170 Å². The molecule has 1 amide bonds. The highest BCUT2D eigenvalue weighted by Gasteiger charge is 2.37. The molecule has 2 saturated heterocycles. The molecule has 8 heteroatoms. The largest absolute Gasteiger partial charge is 0.444 e. The number of hydrogen-bond acceptors (Lipinski definition) is 7. The van der Waals surface area contributed by atoms with Crippen molar-refractivity contribution in [2.45, 2.75) is 50.0 Å². The molecule has 0 unspecified atom stereocenters. The number of benzene rings is 1. The number of carbonyl (C=O) groups excluding carboxylic acids is 1. The lowest BCUT2D eigenvalue weighted by molar-refractivity contribution is 0.0189. The fourth-order valence-electron chi connectivity index (χ4n) is 4.06. The van der Waals surface area contributed by atoms with Gasteiger partial charge in [0.1, 0.15) is 12.2 Å². The van der Waals surface area contributed by atoms with Crippen molar-refractivity contribution in [3.63, 3.8) is 0 Å². The number of oxazole rings is 1. The maximum Gasteiger partial charge on any atom is 0.407 e. The molecule has 2 aliphatic rings. The summed E-state index contributed by atoms with van der Waals surface area (Å²) in [6.07, 6.45) is 5.21. The lowest BCUT2D eigenvalue weighted by Crippen LogP contribution is -2.42. The topological polar surface area (TPSA) is 109 Å². The van der Waals surface area contributed by atoms with E-state index in [2.05, 4.69) is 20.9 Å². The van der Waals surface area contributed by atoms with Gasteiger partial charge in [0.2, 0.25) is 0 Å². The molecule has 2 aromatic rings. The van der Waals surface area contributed by atoms with Gasteiger partial charge in [-0.15, -0.1) is 0 Å². The van der Waals surface area contributed by atoms with Crippen LogP contribution in [0.1, 0.15) is 24.8 Å². The van der Waals surface area contributed by atoms with Gasteiger partial charge in [0.25, 0.3) is 0 Å². The predicted molar refractivity (Wildman–Crippen MR) is 107 cm³/mol. The Bertz CT molecular complexity index is 774. The third-order valence-corrected chi connectivity index (χ3v) is 5.66. The normalized spacial score (nSPS) is 26.5. The van der Waals surface area contributed by atoms with E-state index in [1.54, 1.807) is 6.20 Å². The van der Waals surface area contributed by atoms with Crippen LogP contribution in [0.4, 0.5) is 4.79 Å². The number of nitrogens with zero attached hydrogens (tertiary/aromatic N) is 1. The van der Waals surface area contributed by atoms with E-state index in [1.165, 1.54) is 12.8 Å². The molecule has 0 spiro atoms. The minimum Gasteiger partial charge on any atom is -0.444 e. The molecule has 0 aliphatic carbocycles. The van der Waals surface area contributed by atoms with E-state index in [0.29, 0.717) is 25.6 Å². The van der Waals surface area contributed by atoms with Crippen LogP contribution in [-0.2, 0) is 11.2 Å². The Morgan fingerprint density at radius 3 is 2.90 bits per heavy atom. The van der Waals surface area contributed by atoms with Gasteiger partial charge in [0.05, 0.1) is 12.2 Å². The highest BCUT2D eigenvalue weighted by atomic mass is 16.6. The standard InChI is InChI=1S/C21H28N4O4/c26-18-11-25-17(10-14-3-5-15(6-4-14)19-12-22-13-28-19)20(18)29-21(27)24-9-7-16-2-1-8-23-16/h3-6,12-13,16-18,20,23,25-26H,1-2,7-11H2,(H,24,27)/t16-,17-,18+,20+/m1/s1. The first-order valence-corrected chi connectivity index (χ1v) is 10.3. The molecule has 2 aliphatic heterocycles. The summed E-state index contributed by atoms with van der Waals surface area (Å²) in [4.78, 5) is 16.1. The second-order valence-corrected chi connectivity index (χ2v) is 7.73. The van der Waals surface area contributed by atoms with Crippen molar-refractivity contribution in [3.05, 3.63) is 42.4 Å². The van der Waals surface area contributed by atoms with Crippen LogP contribution in [0.3, 0.4) is 0 Å². The predicted octanol–water partition coefficient (Wildman–Crippen LogP) is 1.45. The first-order valence-electron chi connectivity index (χ1n) is 10.3. The van der Waals surface area contributed by atoms with Crippen molar-refractivity contribution >= 4 is 6.09 Å². The maximum absolute atomic E-state index is 12.2. The number of aliphatic hydroxyl groups excluding tert-OH is 1. The third kappa shape index (κ3) is 5.14. The van der Waals surface area contributed by atoms with Gasteiger partial charge in [0.15, 0.2) is 12.2 Å². The average Bonchev–Trinajstić information content (AvgIpc) is 3.48. The van der Waals surface area contributed by atoms with Gasteiger partial charge in [-0.1, -0.05) is 24.3 Å². The van der Waals surface area contributed by atoms with Gasteiger partial charge in [0, 0.05) is 24.7 Å². The average molecular weight is 400 g/mol. The van der Waals surface area contributed by atoms with Gasteiger partial charge >= 0.3 is 6.09 Å². The Hall–Kier alpha value is -2.42. The van der Waals surface area contributed by atoms with Crippen LogP contribution in [0.25, 0.3) is 11.3 Å². The summed E-state index contributed by atoms with van der Waals surface area (Å²) in [5.74, 6) is 0.719. The summed E-state index contributed by atoms with van der Waals surface area (Å²) in [6, 6.07) is 8.30. The Kier molecular flexibility index (Phi) is 6.43. The summed E-state index contributed by atoms with van der Waals surface area (Å²) < 4.78 is 10.9. The minimum absolute atomic E-state index is 0.136.